The third-order valence-corrected chi connectivity index (χ3v) is 6.70. The molecule has 4 aromatic rings. The van der Waals surface area contributed by atoms with Gasteiger partial charge in [-0.25, -0.2) is 24.0 Å². The second-order valence-electron chi connectivity index (χ2n) is 10.00. The van der Waals surface area contributed by atoms with Crippen LogP contribution in [-0.4, -0.2) is 63.4 Å². The number of rotatable bonds is 16. The van der Waals surface area contributed by atoms with Gasteiger partial charge in [-0.15, -0.1) is 0 Å². The first-order chi connectivity index (χ1) is 24.2. The molecule has 0 radical (unpaired) electrons. The summed E-state index contributed by atoms with van der Waals surface area (Å²) in [4.78, 5) is 60.0. The molecule has 50 heavy (non-hydrogen) atoms. The van der Waals surface area contributed by atoms with Crippen LogP contribution in [0.4, 0.5) is 0 Å². The van der Waals surface area contributed by atoms with E-state index in [0.29, 0.717) is 11.3 Å². The van der Waals surface area contributed by atoms with Gasteiger partial charge in [0.25, 0.3) is 0 Å². The van der Waals surface area contributed by atoms with Crippen LogP contribution in [0, 0.1) is 0 Å². The van der Waals surface area contributed by atoms with Gasteiger partial charge in [0.2, 0.25) is 0 Å². The van der Waals surface area contributed by atoms with Crippen LogP contribution in [0.5, 0.6) is 23.0 Å². The fourth-order valence-electron chi connectivity index (χ4n) is 4.18. The number of benzene rings is 4. The van der Waals surface area contributed by atoms with E-state index in [2.05, 4.69) is 13.2 Å². The molecule has 0 saturated carbocycles. The Morgan fingerprint density at radius 2 is 1.00 bits per heavy atom. The molecule has 0 saturated heterocycles. The van der Waals surface area contributed by atoms with E-state index < -0.39 is 29.8 Å². The molecule has 0 fully saturated rings. The Bertz CT molecular complexity index is 1840. The number of ether oxygens (including phenoxy) is 7. The van der Waals surface area contributed by atoms with Gasteiger partial charge in [0.15, 0.2) is 11.5 Å². The molecule has 0 unspecified atom stereocenters. The highest BCUT2D eigenvalue weighted by atomic mass is 16.6. The van der Waals surface area contributed by atoms with Gasteiger partial charge >= 0.3 is 29.8 Å². The molecule has 12 nitrogen and oxygen atoms in total. The summed E-state index contributed by atoms with van der Waals surface area (Å²) in [6, 6.07) is 23.9. The average Bonchev–Trinajstić information content (AvgIpc) is 3.15. The first kappa shape index (κ1) is 36.2. The average molecular weight is 681 g/mol. The summed E-state index contributed by atoms with van der Waals surface area (Å²) in [5.74, 6) is -2.05. The van der Waals surface area contributed by atoms with Gasteiger partial charge in [0.1, 0.15) is 37.9 Å². The van der Waals surface area contributed by atoms with Crippen LogP contribution in [0.25, 0.3) is 11.1 Å². The molecule has 0 amide bonds. The molecular weight excluding hydrogens is 648 g/mol. The van der Waals surface area contributed by atoms with E-state index in [1.807, 2.05) is 0 Å². The molecule has 0 heterocycles. The number of hydrogen-bond acceptors (Lipinski definition) is 12. The molecule has 0 bridgehead atoms. The summed E-state index contributed by atoms with van der Waals surface area (Å²) in [5, 5.41) is 0. The first-order valence-electron chi connectivity index (χ1n) is 15.0. The molecule has 0 aliphatic rings. The van der Waals surface area contributed by atoms with Crippen LogP contribution in [0.1, 0.15) is 31.1 Å². The highest BCUT2D eigenvalue weighted by molar-refractivity contribution is 5.94. The van der Waals surface area contributed by atoms with Crippen LogP contribution in [0.15, 0.2) is 116 Å². The minimum atomic E-state index is -0.663. The van der Waals surface area contributed by atoms with Crippen molar-refractivity contribution in [3.8, 4) is 34.1 Å². The lowest BCUT2D eigenvalue weighted by molar-refractivity contribution is -0.139. The number of carbonyl (C=O) groups is 5. The Labute approximate surface area is 287 Å². The summed E-state index contributed by atoms with van der Waals surface area (Å²) in [6.45, 7) is 6.61. The normalized spacial score (nSPS) is 10.2. The van der Waals surface area contributed by atoms with Crippen LogP contribution in [0.2, 0.25) is 0 Å². The summed E-state index contributed by atoms with van der Waals surface area (Å²) in [6.07, 6.45) is 2.08. The van der Waals surface area contributed by atoms with Crippen molar-refractivity contribution in [2.75, 3.05) is 33.5 Å². The predicted molar refractivity (Wildman–Crippen MR) is 179 cm³/mol. The molecule has 4 aromatic carbocycles. The van der Waals surface area contributed by atoms with E-state index in [1.54, 1.807) is 60.7 Å². The van der Waals surface area contributed by atoms with Crippen LogP contribution in [0.3, 0.4) is 0 Å². The zero-order valence-electron chi connectivity index (χ0n) is 27.0. The Morgan fingerprint density at radius 1 is 0.520 bits per heavy atom. The van der Waals surface area contributed by atoms with Crippen molar-refractivity contribution >= 4 is 29.8 Å². The topological polar surface area (TPSA) is 150 Å². The summed E-state index contributed by atoms with van der Waals surface area (Å²) in [5.41, 5.74) is 2.34. The predicted octanol–water partition coefficient (Wildman–Crippen LogP) is 5.79. The monoisotopic (exact) mass is 680 g/mol. The number of methoxy groups -OCH3 is 1. The van der Waals surface area contributed by atoms with Crippen LogP contribution < -0.4 is 18.9 Å². The fourth-order valence-corrected chi connectivity index (χ4v) is 4.18. The van der Waals surface area contributed by atoms with Crippen molar-refractivity contribution in [2.45, 2.75) is 0 Å². The zero-order chi connectivity index (χ0) is 35.9. The van der Waals surface area contributed by atoms with Gasteiger partial charge < -0.3 is 33.2 Å². The molecule has 0 N–H and O–H groups in total. The lowest BCUT2D eigenvalue weighted by Gasteiger charge is -2.12. The van der Waals surface area contributed by atoms with Crippen molar-refractivity contribution in [1.29, 1.82) is 0 Å². The molecule has 0 aromatic heterocycles. The summed E-state index contributed by atoms with van der Waals surface area (Å²) < 4.78 is 36.5. The Balaban J connectivity index is 1.29. The smallest absolute Gasteiger partial charge is 0.343 e. The molecule has 12 heteroatoms. The molecule has 0 aliphatic heterocycles. The van der Waals surface area contributed by atoms with Gasteiger partial charge in [0, 0.05) is 12.2 Å². The van der Waals surface area contributed by atoms with Crippen molar-refractivity contribution in [3.05, 3.63) is 133 Å². The van der Waals surface area contributed by atoms with E-state index in [4.69, 9.17) is 33.2 Å². The van der Waals surface area contributed by atoms with E-state index in [1.165, 1.54) is 37.4 Å². The van der Waals surface area contributed by atoms with Gasteiger partial charge in [-0.05, 0) is 77.9 Å². The summed E-state index contributed by atoms with van der Waals surface area (Å²) in [7, 11) is 1.37. The maximum atomic E-state index is 12.9. The fraction of sp³-hybridized carbons (Fsp3) is 0.132. The second-order valence-corrected chi connectivity index (χ2v) is 10.00. The minimum Gasteiger partial charge on any atom is -0.493 e. The Kier molecular flexibility index (Phi) is 13.0. The lowest BCUT2D eigenvalue weighted by atomic mass is 10.0. The van der Waals surface area contributed by atoms with Crippen LogP contribution >= 0.6 is 0 Å². The highest BCUT2D eigenvalue weighted by Crippen LogP contribution is 2.30. The molecule has 0 atom stereocenters. The van der Waals surface area contributed by atoms with E-state index in [9.17, 15) is 24.0 Å². The van der Waals surface area contributed by atoms with Gasteiger partial charge in [-0.1, -0.05) is 37.4 Å². The molecule has 256 valence electrons. The maximum Gasteiger partial charge on any atom is 0.343 e. The molecule has 4 rings (SSSR count). The van der Waals surface area contributed by atoms with Gasteiger partial charge in [-0.3, -0.25) is 0 Å². The van der Waals surface area contributed by atoms with Crippen molar-refractivity contribution in [3.63, 3.8) is 0 Å². The van der Waals surface area contributed by atoms with Gasteiger partial charge in [0.05, 0.1) is 23.8 Å². The summed E-state index contributed by atoms with van der Waals surface area (Å²) >= 11 is 0. The minimum absolute atomic E-state index is 0.0453. The maximum absolute atomic E-state index is 12.9. The lowest BCUT2D eigenvalue weighted by Crippen LogP contribution is -2.12. The molecular formula is C38H32O12. The quantitative estimate of drug-likeness (QED) is 0.0463. The third-order valence-electron chi connectivity index (χ3n) is 6.70. The van der Waals surface area contributed by atoms with Crippen LogP contribution in [-0.2, 0) is 23.8 Å². The number of esters is 5. The Hall–Kier alpha value is -6.69. The zero-order valence-corrected chi connectivity index (χ0v) is 27.0. The van der Waals surface area contributed by atoms with Crippen molar-refractivity contribution < 1.29 is 57.1 Å². The van der Waals surface area contributed by atoms with E-state index >= 15 is 0 Å². The van der Waals surface area contributed by atoms with E-state index in [-0.39, 0.29) is 54.8 Å². The molecule has 0 spiro atoms. The SMILES string of the molecule is C=CC(=O)OCCOC(=O)c1ccc(-c2ccc(OC(=O)c3ccc(OC(=O)c4ccc(OCCOC(=O)C=C)cc4)c(OC)c3)cc2)cc1. The first-order valence-corrected chi connectivity index (χ1v) is 15.0. The second kappa shape index (κ2) is 18.0. The van der Waals surface area contributed by atoms with Crippen molar-refractivity contribution in [2.24, 2.45) is 0 Å². The van der Waals surface area contributed by atoms with Gasteiger partial charge in [-0.2, -0.15) is 0 Å². The largest absolute Gasteiger partial charge is 0.493 e. The number of carbonyl (C=O) groups excluding carboxylic acids is 5. The highest BCUT2D eigenvalue weighted by Gasteiger charge is 2.17. The number of hydrogen-bond donors (Lipinski definition) is 0. The third kappa shape index (κ3) is 10.4. The standard InChI is InChI=1S/C38H32O12/c1-4-34(39)46-21-20-45-30-15-12-28(13-16-30)37(42)50-32-19-14-29(24-33(32)44-3)38(43)49-31-17-10-26(11-18-31)25-6-8-27(9-7-25)36(41)48-23-22-47-35(40)5-2/h4-19,24H,1-2,20-23H2,3H3. The Morgan fingerprint density at radius 3 is 1.60 bits per heavy atom. The van der Waals surface area contributed by atoms with E-state index in [0.717, 1.165) is 23.3 Å². The molecule has 0 aliphatic carbocycles. The van der Waals surface area contributed by atoms with Crippen molar-refractivity contribution in [1.82, 2.24) is 0 Å².